The van der Waals surface area contributed by atoms with Crippen LogP contribution in [0.5, 0.6) is 0 Å². The van der Waals surface area contributed by atoms with Crippen molar-refractivity contribution in [3.05, 3.63) is 41.4 Å². The maximum absolute atomic E-state index is 12.4. The molecule has 0 heterocycles. The number of sulfonamides is 1. The maximum Gasteiger partial charge on any atom is 0.307 e. The number of ether oxygens (including phenoxy) is 1. The van der Waals surface area contributed by atoms with Gasteiger partial charge in [0.25, 0.3) is 0 Å². The number of carbonyl (C=O) groups excluding carboxylic acids is 1. The number of nitrogens with one attached hydrogen (secondary N) is 1. The normalized spacial score (nSPS) is 11.5. The highest BCUT2D eigenvalue weighted by Crippen LogP contribution is 2.29. The summed E-state index contributed by atoms with van der Waals surface area (Å²) in [7, 11) is -3.76. The van der Waals surface area contributed by atoms with Gasteiger partial charge in [-0.3, -0.25) is 4.79 Å². The van der Waals surface area contributed by atoms with Crippen molar-refractivity contribution in [3.8, 4) is 0 Å². The highest BCUT2D eigenvalue weighted by molar-refractivity contribution is 7.89. The van der Waals surface area contributed by atoms with Crippen molar-refractivity contribution in [1.82, 2.24) is 4.72 Å². The molecular weight excluding hydrogens is 326 g/mol. The lowest BCUT2D eigenvalue weighted by molar-refractivity contribution is -0.142. The van der Waals surface area contributed by atoms with E-state index in [1.807, 2.05) is 0 Å². The summed E-state index contributed by atoms with van der Waals surface area (Å²) in [5.41, 5.74) is 0. The van der Waals surface area contributed by atoms with Gasteiger partial charge in [-0.05, 0) is 24.4 Å². The van der Waals surface area contributed by atoms with Crippen LogP contribution in [0.15, 0.2) is 41.3 Å². The summed E-state index contributed by atoms with van der Waals surface area (Å²) < 4.78 is 32.0. The fraction of sp³-hybridized carbons (Fsp3) is 0.267. The van der Waals surface area contributed by atoms with Crippen molar-refractivity contribution < 1.29 is 17.9 Å². The van der Waals surface area contributed by atoms with E-state index in [4.69, 9.17) is 16.3 Å². The molecule has 118 valence electrons. The quantitative estimate of drug-likeness (QED) is 0.820. The van der Waals surface area contributed by atoms with Crippen molar-refractivity contribution in [3.63, 3.8) is 0 Å². The molecule has 0 spiro atoms. The number of halogens is 1. The summed E-state index contributed by atoms with van der Waals surface area (Å²) in [5.74, 6) is -0.443. The van der Waals surface area contributed by atoms with E-state index < -0.39 is 16.0 Å². The average molecular weight is 342 g/mol. The first kappa shape index (κ1) is 16.7. The smallest absolute Gasteiger partial charge is 0.307 e. The molecule has 0 aliphatic rings. The molecule has 2 rings (SSSR count). The van der Waals surface area contributed by atoms with Crippen LogP contribution in [0.1, 0.15) is 13.3 Å². The highest BCUT2D eigenvalue weighted by atomic mass is 35.5. The third kappa shape index (κ3) is 3.76. The Morgan fingerprint density at radius 3 is 2.59 bits per heavy atom. The van der Waals surface area contributed by atoms with E-state index in [1.165, 1.54) is 6.07 Å². The van der Waals surface area contributed by atoms with Crippen molar-refractivity contribution in [2.75, 3.05) is 13.2 Å². The summed E-state index contributed by atoms with van der Waals surface area (Å²) in [6.45, 7) is 1.94. The molecule has 0 aliphatic carbocycles. The van der Waals surface area contributed by atoms with Gasteiger partial charge in [0.1, 0.15) is 0 Å². The zero-order valence-electron chi connectivity index (χ0n) is 12.0. The molecule has 0 aliphatic heterocycles. The molecule has 0 bridgehead atoms. The average Bonchev–Trinajstić information content (AvgIpc) is 2.47. The van der Waals surface area contributed by atoms with Gasteiger partial charge in [-0.25, -0.2) is 13.1 Å². The van der Waals surface area contributed by atoms with Gasteiger partial charge in [-0.2, -0.15) is 0 Å². The summed E-state index contributed by atoms with van der Waals surface area (Å²) in [5, 5.41) is 1.57. The standard InChI is InChI=1S/C15H16ClNO4S/c1-2-21-14(18)9-10-17-22(19,20)13-8-4-6-11-5-3-7-12(16)15(11)13/h3-8,17H,2,9-10H2,1H3. The Bertz CT molecular complexity index is 784. The van der Waals surface area contributed by atoms with Crippen molar-refractivity contribution in [2.24, 2.45) is 0 Å². The molecule has 2 aromatic carbocycles. The molecule has 0 fully saturated rings. The second kappa shape index (κ2) is 7.09. The number of hydrogen-bond donors (Lipinski definition) is 1. The Morgan fingerprint density at radius 2 is 1.91 bits per heavy atom. The molecule has 22 heavy (non-hydrogen) atoms. The second-order valence-corrected chi connectivity index (χ2v) is 6.69. The van der Waals surface area contributed by atoms with Crippen molar-refractivity contribution in [1.29, 1.82) is 0 Å². The molecule has 7 heteroatoms. The zero-order valence-corrected chi connectivity index (χ0v) is 13.6. The molecule has 0 unspecified atom stereocenters. The predicted molar refractivity (Wildman–Crippen MR) is 85.4 cm³/mol. The van der Waals surface area contributed by atoms with Crippen LogP contribution in [0.25, 0.3) is 10.8 Å². The minimum Gasteiger partial charge on any atom is -0.466 e. The minimum atomic E-state index is -3.76. The number of rotatable bonds is 6. The highest BCUT2D eigenvalue weighted by Gasteiger charge is 2.19. The summed E-state index contributed by atoms with van der Waals surface area (Å²) >= 11 is 6.13. The second-order valence-electron chi connectivity index (χ2n) is 4.55. The van der Waals surface area contributed by atoms with Gasteiger partial charge in [-0.15, -0.1) is 0 Å². The van der Waals surface area contributed by atoms with Crippen LogP contribution in [0.2, 0.25) is 5.02 Å². The van der Waals surface area contributed by atoms with Gasteiger partial charge in [0.2, 0.25) is 10.0 Å². The third-order valence-corrected chi connectivity index (χ3v) is 4.85. The van der Waals surface area contributed by atoms with E-state index in [9.17, 15) is 13.2 Å². The van der Waals surface area contributed by atoms with Gasteiger partial charge in [0, 0.05) is 17.0 Å². The number of esters is 1. The molecule has 1 N–H and O–H groups in total. The Balaban J connectivity index is 2.25. The molecule has 0 radical (unpaired) electrons. The summed E-state index contributed by atoms with van der Waals surface area (Å²) in [4.78, 5) is 11.4. The van der Waals surface area contributed by atoms with Gasteiger partial charge in [0.15, 0.2) is 0 Å². The van der Waals surface area contributed by atoms with E-state index in [2.05, 4.69) is 4.72 Å². The molecule has 0 aromatic heterocycles. The Labute approximate surface area is 134 Å². The molecule has 0 saturated heterocycles. The van der Waals surface area contributed by atoms with Gasteiger partial charge < -0.3 is 4.74 Å². The van der Waals surface area contributed by atoms with E-state index >= 15 is 0 Å². The molecule has 0 amide bonds. The van der Waals surface area contributed by atoms with Crippen LogP contribution in [0, 0.1) is 0 Å². The number of hydrogen-bond acceptors (Lipinski definition) is 4. The van der Waals surface area contributed by atoms with E-state index in [-0.39, 0.29) is 24.5 Å². The molecule has 2 aromatic rings. The SMILES string of the molecule is CCOC(=O)CCNS(=O)(=O)c1cccc2cccc(Cl)c12. The van der Waals surface area contributed by atoms with E-state index in [0.29, 0.717) is 10.4 Å². The lowest BCUT2D eigenvalue weighted by Gasteiger charge is -2.10. The van der Waals surface area contributed by atoms with Crippen LogP contribution < -0.4 is 4.72 Å². The van der Waals surface area contributed by atoms with Crippen LogP contribution >= 0.6 is 11.6 Å². The molecular formula is C15H16ClNO4S. The number of fused-ring (bicyclic) bond motifs is 1. The topological polar surface area (TPSA) is 72.5 Å². The summed E-state index contributed by atoms with van der Waals surface area (Å²) in [6, 6.07) is 10.1. The Morgan fingerprint density at radius 1 is 1.23 bits per heavy atom. The molecule has 0 saturated carbocycles. The van der Waals surface area contributed by atoms with Crippen LogP contribution in [-0.2, 0) is 19.6 Å². The lowest BCUT2D eigenvalue weighted by atomic mass is 10.1. The molecule has 5 nitrogen and oxygen atoms in total. The predicted octanol–water partition coefficient (Wildman–Crippen LogP) is 2.72. The van der Waals surface area contributed by atoms with Crippen LogP contribution in [-0.4, -0.2) is 27.5 Å². The largest absolute Gasteiger partial charge is 0.466 e. The third-order valence-electron chi connectivity index (χ3n) is 3.03. The van der Waals surface area contributed by atoms with Crippen molar-refractivity contribution in [2.45, 2.75) is 18.2 Å². The number of benzene rings is 2. The van der Waals surface area contributed by atoms with Gasteiger partial charge >= 0.3 is 5.97 Å². The maximum atomic E-state index is 12.4. The van der Waals surface area contributed by atoms with Gasteiger partial charge in [0.05, 0.1) is 17.9 Å². The van der Waals surface area contributed by atoms with Gasteiger partial charge in [-0.1, -0.05) is 35.9 Å². The van der Waals surface area contributed by atoms with Crippen LogP contribution in [0.3, 0.4) is 0 Å². The first-order valence-corrected chi connectivity index (χ1v) is 8.64. The molecule has 0 atom stereocenters. The fourth-order valence-corrected chi connectivity index (χ4v) is 3.70. The first-order chi connectivity index (χ1) is 10.5. The zero-order chi connectivity index (χ0) is 16.2. The monoisotopic (exact) mass is 341 g/mol. The van der Waals surface area contributed by atoms with Crippen LogP contribution in [0.4, 0.5) is 0 Å². The Hall–Kier alpha value is -1.63. The van der Waals surface area contributed by atoms with E-state index in [0.717, 1.165) is 5.39 Å². The summed E-state index contributed by atoms with van der Waals surface area (Å²) in [6.07, 6.45) is -0.0223. The number of carbonyl (C=O) groups is 1. The minimum absolute atomic E-state index is 0.0223. The van der Waals surface area contributed by atoms with E-state index in [1.54, 1.807) is 37.3 Å². The lowest BCUT2D eigenvalue weighted by Crippen LogP contribution is -2.27. The fourth-order valence-electron chi connectivity index (χ4n) is 2.08. The Kier molecular flexibility index (Phi) is 5.39. The first-order valence-electron chi connectivity index (χ1n) is 6.78. The van der Waals surface area contributed by atoms with Crippen molar-refractivity contribution >= 4 is 38.4 Å².